The van der Waals surface area contributed by atoms with Crippen molar-refractivity contribution < 1.29 is 4.79 Å². The highest BCUT2D eigenvalue weighted by molar-refractivity contribution is 5.99. The Morgan fingerprint density at radius 1 is 1.27 bits per heavy atom. The zero-order valence-electron chi connectivity index (χ0n) is 9.37. The number of amides is 1. The lowest BCUT2D eigenvalue weighted by molar-refractivity contribution is -0.118. The summed E-state index contributed by atoms with van der Waals surface area (Å²) in [5, 5.41) is 3.97. The van der Waals surface area contributed by atoms with Crippen LogP contribution in [-0.2, 0) is 11.2 Å². The smallest absolute Gasteiger partial charge is 0.236 e. The van der Waals surface area contributed by atoms with Gasteiger partial charge in [-0.3, -0.25) is 4.79 Å². The molecule has 0 saturated heterocycles. The topological polar surface area (TPSA) is 41.5 Å². The fourth-order valence-electron chi connectivity index (χ4n) is 1.21. The van der Waals surface area contributed by atoms with Gasteiger partial charge in [-0.05, 0) is 24.5 Å². The van der Waals surface area contributed by atoms with Crippen LogP contribution < -0.4 is 5.43 Å². The molecule has 0 heterocycles. The maximum absolute atomic E-state index is 10.7. The number of nitrogens with one attached hydrogen (secondary N) is 1. The molecule has 80 valence electrons. The predicted molar refractivity (Wildman–Crippen MR) is 61.8 cm³/mol. The van der Waals surface area contributed by atoms with Gasteiger partial charge in [0.25, 0.3) is 0 Å². The molecule has 1 aromatic rings. The number of hydrogen-bond acceptors (Lipinski definition) is 2. The Hall–Kier alpha value is -1.64. The lowest BCUT2D eigenvalue weighted by atomic mass is 10.1. The van der Waals surface area contributed by atoms with Gasteiger partial charge in [0.05, 0.1) is 5.71 Å². The van der Waals surface area contributed by atoms with Crippen molar-refractivity contribution in [3.8, 4) is 0 Å². The van der Waals surface area contributed by atoms with Gasteiger partial charge >= 0.3 is 0 Å². The van der Waals surface area contributed by atoms with E-state index in [1.807, 2.05) is 19.1 Å². The summed E-state index contributed by atoms with van der Waals surface area (Å²) < 4.78 is 0. The molecule has 3 nitrogen and oxygen atoms in total. The fourth-order valence-corrected chi connectivity index (χ4v) is 1.21. The average molecular weight is 204 g/mol. The van der Waals surface area contributed by atoms with Crippen LogP contribution >= 0.6 is 0 Å². The van der Waals surface area contributed by atoms with E-state index in [-0.39, 0.29) is 5.91 Å². The Morgan fingerprint density at radius 2 is 1.87 bits per heavy atom. The number of benzene rings is 1. The Labute approximate surface area is 90.2 Å². The summed E-state index contributed by atoms with van der Waals surface area (Å²) in [5.74, 6) is -0.153. The SMILES string of the molecule is CCc1ccc(/C(C)=N/NC(C)=O)cc1. The van der Waals surface area contributed by atoms with E-state index in [2.05, 4.69) is 29.6 Å². The van der Waals surface area contributed by atoms with Crippen LogP contribution in [0.2, 0.25) is 0 Å². The highest BCUT2D eigenvalue weighted by Crippen LogP contribution is 2.05. The molecular weight excluding hydrogens is 188 g/mol. The highest BCUT2D eigenvalue weighted by Gasteiger charge is 1.97. The first-order valence-corrected chi connectivity index (χ1v) is 5.03. The van der Waals surface area contributed by atoms with Gasteiger partial charge in [0.2, 0.25) is 5.91 Å². The minimum absolute atomic E-state index is 0.153. The molecule has 0 aliphatic rings. The largest absolute Gasteiger partial charge is 0.274 e. The number of carbonyl (C=O) groups is 1. The maximum Gasteiger partial charge on any atom is 0.236 e. The summed E-state index contributed by atoms with van der Waals surface area (Å²) in [6.45, 7) is 5.43. The van der Waals surface area contributed by atoms with Gasteiger partial charge in [-0.1, -0.05) is 31.2 Å². The molecule has 0 bridgehead atoms. The number of hydrazone groups is 1. The van der Waals surface area contributed by atoms with Gasteiger partial charge in [0.1, 0.15) is 0 Å². The van der Waals surface area contributed by atoms with Gasteiger partial charge in [-0.25, -0.2) is 5.43 Å². The van der Waals surface area contributed by atoms with Crippen molar-refractivity contribution in [2.24, 2.45) is 5.10 Å². The summed E-state index contributed by atoms with van der Waals surface area (Å²) >= 11 is 0. The first-order valence-electron chi connectivity index (χ1n) is 5.03. The Morgan fingerprint density at radius 3 is 2.33 bits per heavy atom. The van der Waals surface area contributed by atoms with E-state index in [0.29, 0.717) is 0 Å². The number of rotatable bonds is 3. The Balaban J connectivity index is 2.77. The van der Waals surface area contributed by atoms with Gasteiger partial charge in [-0.2, -0.15) is 5.10 Å². The van der Waals surface area contributed by atoms with Crippen LogP contribution in [0.25, 0.3) is 0 Å². The van der Waals surface area contributed by atoms with Crippen LogP contribution in [0.5, 0.6) is 0 Å². The second-order valence-electron chi connectivity index (χ2n) is 3.42. The van der Waals surface area contributed by atoms with Crippen molar-refractivity contribution >= 4 is 11.6 Å². The lowest BCUT2D eigenvalue weighted by Crippen LogP contribution is -2.14. The standard InChI is InChI=1S/C12H16N2O/c1-4-11-5-7-12(8-6-11)9(2)13-14-10(3)15/h5-8H,4H2,1-3H3,(H,14,15)/b13-9+. The van der Waals surface area contributed by atoms with E-state index in [0.717, 1.165) is 17.7 Å². The van der Waals surface area contributed by atoms with Crippen LogP contribution in [0.15, 0.2) is 29.4 Å². The summed E-state index contributed by atoms with van der Waals surface area (Å²) in [6.07, 6.45) is 1.03. The summed E-state index contributed by atoms with van der Waals surface area (Å²) in [4.78, 5) is 10.7. The van der Waals surface area contributed by atoms with Gasteiger partial charge in [0.15, 0.2) is 0 Å². The van der Waals surface area contributed by atoms with Crippen LogP contribution in [-0.4, -0.2) is 11.6 Å². The van der Waals surface area contributed by atoms with Gasteiger partial charge < -0.3 is 0 Å². The molecule has 0 aromatic heterocycles. The maximum atomic E-state index is 10.7. The second kappa shape index (κ2) is 5.29. The summed E-state index contributed by atoms with van der Waals surface area (Å²) in [5.41, 5.74) is 5.56. The molecule has 0 atom stereocenters. The van der Waals surface area contributed by atoms with E-state index < -0.39 is 0 Å². The van der Waals surface area contributed by atoms with Crippen LogP contribution in [0.4, 0.5) is 0 Å². The minimum atomic E-state index is -0.153. The van der Waals surface area contributed by atoms with Crippen LogP contribution in [0.1, 0.15) is 31.9 Å². The fraction of sp³-hybridized carbons (Fsp3) is 0.333. The second-order valence-corrected chi connectivity index (χ2v) is 3.42. The normalized spacial score (nSPS) is 11.3. The molecule has 0 aliphatic carbocycles. The van der Waals surface area contributed by atoms with Crippen molar-refractivity contribution in [2.45, 2.75) is 27.2 Å². The third kappa shape index (κ3) is 3.54. The van der Waals surface area contributed by atoms with Crippen molar-refractivity contribution in [3.63, 3.8) is 0 Å². The van der Waals surface area contributed by atoms with Crippen molar-refractivity contribution in [1.29, 1.82) is 0 Å². The molecule has 3 heteroatoms. The molecular formula is C12H16N2O. The van der Waals surface area contributed by atoms with E-state index in [1.165, 1.54) is 12.5 Å². The number of aryl methyl sites for hydroxylation is 1. The molecule has 0 radical (unpaired) electrons. The molecule has 0 aliphatic heterocycles. The molecule has 0 saturated carbocycles. The first kappa shape index (κ1) is 11.4. The molecule has 0 spiro atoms. The molecule has 0 unspecified atom stereocenters. The van der Waals surface area contributed by atoms with Gasteiger partial charge in [-0.15, -0.1) is 0 Å². The Bertz CT molecular complexity index is 366. The van der Waals surface area contributed by atoms with E-state index in [9.17, 15) is 4.79 Å². The average Bonchev–Trinajstić information content (AvgIpc) is 2.26. The van der Waals surface area contributed by atoms with E-state index >= 15 is 0 Å². The predicted octanol–water partition coefficient (Wildman–Crippen LogP) is 2.11. The third-order valence-corrected chi connectivity index (χ3v) is 2.16. The molecule has 15 heavy (non-hydrogen) atoms. The number of hydrogen-bond donors (Lipinski definition) is 1. The van der Waals surface area contributed by atoms with E-state index in [1.54, 1.807) is 0 Å². The van der Waals surface area contributed by atoms with Crippen molar-refractivity contribution in [2.75, 3.05) is 0 Å². The van der Waals surface area contributed by atoms with Crippen LogP contribution in [0, 0.1) is 0 Å². The minimum Gasteiger partial charge on any atom is -0.274 e. The molecule has 1 rings (SSSR count). The molecule has 1 aromatic carbocycles. The van der Waals surface area contributed by atoms with Crippen molar-refractivity contribution in [1.82, 2.24) is 5.43 Å². The number of nitrogens with zero attached hydrogens (tertiary/aromatic N) is 1. The number of carbonyl (C=O) groups excluding carboxylic acids is 1. The molecule has 1 amide bonds. The van der Waals surface area contributed by atoms with Crippen LogP contribution in [0.3, 0.4) is 0 Å². The zero-order valence-corrected chi connectivity index (χ0v) is 9.37. The monoisotopic (exact) mass is 204 g/mol. The third-order valence-electron chi connectivity index (χ3n) is 2.16. The van der Waals surface area contributed by atoms with E-state index in [4.69, 9.17) is 0 Å². The highest BCUT2D eigenvalue weighted by atomic mass is 16.2. The molecule has 0 fully saturated rings. The zero-order chi connectivity index (χ0) is 11.3. The lowest BCUT2D eigenvalue weighted by Gasteiger charge is -2.02. The summed E-state index contributed by atoms with van der Waals surface area (Å²) in [6, 6.07) is 8.17. The molecule has 1 N–H and O–H groups in total. The van der Waals surface area contributed by atoms with Crippen molar-refractivity contribution in [3.05, 3.63) is 35.4 Å². The first-order chi connectivity index (χ1) is 7.13. The summed E-state index contributed by atoms with van der Waals surface area (Å²) in [7, 11) is 0. The Kier molecular flexibility index (Phi) is 4.03. The van der Waals surface area contributed by atoms with Gasteiger partial charge in [0, 0.05) is 6.92 Å². The quantitative estimate of drug-likeness (QED) is 0.594.